The molecule has 0 heterocycles. The van der Waals surface area contributed by atoms with Gasteiger partial charge < -0.3 is 15.0 Å². The van der Waals surface area contributed by atoms with Crippen LogP contribution in [0.4, 0.5) is 0 Å². The van der Waals surface area contributed by atoms with E-state index in [1.54, 1.807) is 25.1 Å². The summed E-state index contributed by atoms with van der Waals surface area (Å²) in [6.07, 6.45) is 0. The standard InChI is InChI=1S/C23H28Cl2N2O3/c1-15-6-8-17(9-7-15)13-27(16(2)22(29)26-23(3,4)5)21(28)14-30-20-11-10-18(24)12-19(20)25/h6-12,16H,13-14H2,1-5H3,(H,26,29)/t16-/m1/s1. The van der Waals surface area contributed by atoms with E-state index in [4.69, 9.17) is 27.9 Å². The number of rotatable bonds is 7. The van der Waals surface area contributed by atoms with Crippen LogP contribution in [0.25, 0.3) is 0 Å². The van der Waals surface area contributed by atoms with Crippen molar-refractivity contribution >= 4 is 35.0 Å². The van der Waals surface area contributed by atoms with Gasteiger partial charge in [-0.05, 0) is 58.4 Å². The van der Waals surface area contributed by atoms with Gasteiger partial charge in [-0.25, -0.2) is 0 Å². The number of nitrogens with one attached hydrogen (secondary N) is 1. The van der Waals surface area contributed by atoms with Gasteiger partial charge in [0.25, 0.3) is 5.91 Å². The minimum absolute atomic E-state index is 0.229. The van der Waals surface area contributed by atoms with Gasteiger partial charge >= 0.3 is 0 Å². The highest BCUT2D eigenvalue weighted by atomic mass is 35.5. The molecule has 2 amide bonds. The first-order chi connectivity index (χ1) is 14.0. The number of carbonyl (C=O) groups is 2. The molecule has 0 aliphatic rings. The van der Waals surface area contributed by atoms with Crippen molar-refractivity contribution in [1.82, 2.24) is 10.2 Å². The van der Waals surface area contributed by atoms with Crippen LogP contribution >= 0.6 is 23.2 Å². The lowest BCUT2D eigenvalue weighted by atomic mass is 10.1. The fraction of sp³-hybridized carbons (Fsp3) is 0.391. The molecule has 1 atom stereocenters. The van der Waals surface area contributed by atoms with Crippen molar-refractivity contribution in [3.05, 3.63) is 63.6 Å². The van der Waals surface area contributed by atoms with Crippen LogP contribution in [-0.4, -0.2) is 34.9 Å². The van der Waals surface area contributed by atoms with E-state index in [9.17, 15) is 9.59 Å². The Morgan fingerprint density at radius 2 is 1.73 bits per heavy atom. The number of benzene rings is 2. The smallest absolute Gasteiger partial charge is 0.261 e. The molecule has 0 saturated carbocycles. The maximum atomic E-state index is 13.0. The monoisotopic (exact) mass is 450 g/mol. The number of amides is 2. The molecule has 0 bridgehead atoms. The lowest BCUT2D eigenvalue weighted by Gasteiger charge is -2.31. The Balaban J connectivity index is 2.18. The van der Waals surface area contributed by atoms with Crippen molar-refractivity contribution in [3.63, 3.8) is 0 Å². The molecule has 0 fully saturated rings. The van der Waals surface area contributed by atoms with Crippen LogP contribution in [0.5, 0.6) is 5.75 Å². The molecule has 162 valence electrons. The molecule has 0 aromatic heterocycles. The normalized spacial score (nSPS) is 12.2. The zero-order valence-corrected chi connectivity index (χ0v) is 19.5. The average molecular weight is 451 g/mol. The van der Waals surface area contributed by atoms with Crippen LogP contribution < -0.4 is 10.1 Å². The molecule has 2 rings (SSSR count). The summed E-state index contributed by atoms with van der Waals surface area (Å²) in [5, 5.41) is 3.73. The number of halogens is 2. The lowest BCUT2D eigenvalue weighted by molar-refractivity contribution is -0.142. The van der Waals surface area contributed by atoms with Crippen LogP contribution in [0.2, 0.25) is 10.0 Å². The molecule has 2 aromatic rings. The zero-order chi connectivity index (χ0) is 22.5. The Bertz CT molecular complexity index is 892. The Kier molecular flexibility index (Phi) is 8.16. The average Bonchev–Trinajstić information content (AvgIpc) is 2.64. The van der Waals surface area contributed by atoms with E-state index in [0.29, 0.717) is 15.8 Å². The number of hydrogen-bond acceptors (Lipinski definition) is 3. The highest BCUT2D eigenvalue weighted by Gasteiger charge is 2.28. The minimum atomic E-state index is -0.678. The van der Waals surface area contributed by atoms with Crippen molar-refractivity contribution in [1.29, 1.82) is 0 Å². The predicted molar refractivity (Wildman–Crippen MR) is 121 cm³/mol. The van der Waals surface area contributed by atoms with E-state index < -0.39 is 11.6 Å². The molecule has 2 aromatic carbocycles. The largest absolute Gasteiger partial charge is 0.482 e. The van der Waals surface area contributed by atoms with Gasteiger partial charge in [0.1, 0.15) is 11.8 Å². The van der Waals surface area contributed by atoms with E-state index in [1.807, 2.05) is 52.0 Å². The fourth-order valence-electron chi connectivity index (χ4n) is 2.76. The summed E-state index contributed by atoms with van der Waals surface area (Å²) in [5.74, 6) is -0.192. The molecule has 7 heteroatoms. The third-order valence-electron chi connectivity index (χ3n) is 4.38. The van der Waals surface area contributed by atoms with Crippen molar-refractivity contribution in [3.8, 4) is 5.75 Å². The van der Waals surface area contributed by atoms with Gasteiger partial charge in [-0.15, -0.1) is 0 Å². The number of nitrogens with zero attached hydrogens (tertiary/aromatic N) is 1. The molecule has 5 nitrogen and oxygen atoms in total. The Hall–Kier alpha value is -2.24. The van der Waals surface area contributed by atoms with E-state index in [0.717, 1.165) is 11.1 Å². The van der Waals surface area contributed by atoms with E-state index >= 15 is 0 Å². The molecule has 0 aliphatic heterocycles. The second kappa shape index (κ2) is 10.2. The Labute approximate surface area is 188 Å². The Morgan fingerprint density at radius 1 is 1.10 bits per heavy atom. The summed E-state index contributed by atoms with van der Waals surface area (Å²) in [5.41, 5.74) is 1.64. The maximum Gasteiger partial charge on any atom is 0.261 e. The first-order valence-corrected chi connectivity index (χ1v) is 10.5. The molecule has 0 radical (unpaired) electrons. The summed E-state index contributed by atoms with van der Waals surface area (Å²) in [7, 11) is 0. The summed E-state index contributed by atoms with van der Waals surface area (Å²) >= 11 is 12.0. The van der Waals surface area contributed by atoms with Gasteiger partial charge in [-0.1, -0.05) is 53.0 Å². The van der Waals surface area contributed by atoms with Crippen LogP contribution in [0.15, 0.2) is 42.5 Å². The van der Waals surface area contributed by atoms with Crippen molar-refractivity contribution in [2.45, 2.75) is 52.7 Å². The quantitative estimate of drug-likeness (QED) is 0.644. The molecule has 0 unspecified atom stereocenters. The topological polar surface area (TPSA) is 58.6 Å². The van der Waals surface area contributed by atoms with Gasteiger partial charge in [0.05, 0.1) is 5.02 Å². The SMILES string of the molecule is Cc1ccc(CN(C(=O)COc2ccc(Cl)cc2Cl)[C@H](C)C(=O)NC(C)(C)C)cc1. The van der Waals surface area contributed by atoms with Crippen molar-refractivity contribution < 1.29 is 14.3 Å². The maximum absolute atomic E-state index is 13.0. The number of ether oxygens (including phenoxy) is 1. The predicted octanol–water partition coefficient (Wildman–Crippen LogP) is 5.01. The molecule has 1 N–H and O–H groups in total. The summed E-state index contributed by atoms with van der Waals surface area (Å²) in [6, 6.07) is 12.0. The number of hydrogen-bond donors (Lipinski definition) is 1. The fourth-order valence-corrected chi connectivity index (χ4v) is 3.22. The molecule has 0 aliphatic carbocycles. The summed E-state index contributed by atoms with van der Waals surface area (Å²) < 4.78 is 5.61. The number of carbonyl (C=O) groups excluding carboxylic acids is 2. The van der Waals surface area contributed by atoms with Gasteiger partial charge in [-0.2, -0.15) is 0 Å². The molecule has 30 heavy (non-hydrogen) atoms. The zero-order valence-electron chi connectivity index (χ0n) is 18.0. The summed E-state index contributed by atoms with van der Waals surface area (Å²) in [4.78, 5) is 27.3. The summed E-state index contributed by atoms with van der Waals surface area (Å²) in [6.45, 7) is 9.44. The highest BCUT2D eigenvalue weighted by molar-refractivity contribution is 6.35. The minimum Gasteiger partial charge on any atom is -0.482 e. The van der Waals surface area contributed by atoms with Crippen LogP contribution in [0.1, 0.15) is 38.8 Å². The third-order valence-corrected chi connectivity index (χ3v) is 4.91. The molecule has 0 saturated heterocycles. The lowest BCUT2D eigenvalue weighted by Crippen LogP contribution is -2.53. The first-order valence-electron chi connectivity index (χ1n) is 9.71. The van der Waals surface area contributed by atoms with Crippen molar-refractivity contribution in [2.24, 2.45) is 0 Å². The van der Waals surface area contributed by atoms with E-state index in [1.165, 1.54) is 4.90 Å². The van der Waals surface area contributed by atoms with Gasteiger partial charge in [0.2, 0.25) is 5.91 Å². The highest BCUT2D eigenvalue weighted by Crippen LogP contribution is 2.27. The van der Waals surface area contributed by atoms with Gasteiger partial charge in [0.15, 0.2) is 6.61 Å². The molecular formula is C23H28Cl2N2O3. The second-order valence-electron chi connectivity index (χ2n) is 8.29. The second-order valence-corrected chi connectivity index (χ2v) is 9.13. The Morgan fingerprint density at radius 3 is 2.30 bits per heavy atom. The van der Waals surface area contributed by atoms with Gasteiger partial charge in [-0.3, -0.25) is 9.59 Å². The van der Waals surface area contributed by atoms with Crippen LogP contribution in [0.3, 0.4) is 0 Å². The van der Waals surface area contributed by atoms with E-state index in [-0.39, 0.29) is 25.0 Å². The molecule has 0 spiro atoms. The molecular weight excluding hydrogens is 423 g/mol. The first kappa shape index (κ1) is 24.0. The number of aryl methyl sites for hydroxylation is 1. The van der Waals surface area contributed by atoms with Gasteiger partial charge in [0, 0.05) is 17.1 Å². The van der Waals surface area contributed by atoms with Crippen LogP contribution in [-0.2, 0) is 16.1 Å². The van der Waals surface area contributed by atoms with Crippen molar-refractivity contribution in [2.75, 3.05) is 6.61 Å². The van der Waals surface area contributed by atoms with E-state index in [2.05, 4.69) is 5.32 Å². The third kappa shape index (κ3) is 7.22. The van der Waals surface area contributed by atoms with Crippen LogP contribution in [0, 0.1) is 6.92 Å².